The van der Waals surface area contributed by atoms with Gasteiger partial charge in [-0.25, -0.2) is 0 Å². The summed E-state index contributed by atoms with van der Waals surface area (Å²) in [4.78, 5) is 0. The second kappa shape index (κ2) is 5.85. The summed E-state index contributed by atoms with van der Waals surface area (Å²) in [7, 11) is 4.05. The zero-order valence-corrected chi connectivity index (χ0v) is 11.9. The second-order valence-corrected chi connectivity index (χ2v) is 5.27. The van der Waals surface area contributed by atoms with Gasteiger partial charge in [-0.3, -0.25) is 4.68 Å². The Morgan fingerprint density at radius 3 is 2.83 bits per heavy atom. The van der Waals surface area contributed by atoms with Crippen LogP contribution in [0.3, 0.4) is 0 Å². The first-order valence-corrected chi connectivity index (χ1v) is 6.98. The normalized spacial score (nSPS) is 25.6. The Bertz CT molecular complexity index is 388. The van der Waals surface area contributed by atoms with Gasteiger partial charge >= 0.3 is 0 Å². The van der Waals surface area contributed by atoms with Gasteiger partial charge in [-0.15, -0.1) is 0 Å². The van der Waals surface area contributed by atoms with Crippen LogP contribution < -0.4 is 5.32 Å². The van der Waals surface area contributed by atoms with Gasteiger partial charge in [-0.1, -0.05) is 6.92 Å². The van der Waals surface area contributed by atoms with Crippen LogP contribution in [-0.4, -0.2) is 35.1 Å². The zero-order chi connectivity index (χ0) is 13.1. The largest absolute Gasteiger partial charge is 0.374 e. The first-order chi connectivity index (χ1) is 8.63. The van der Waals surface area contributed by atoms with Crippen LogP contribution in [0.1, 0.15) is 38.1 Å². The van der Waals surface area contributed by atoms with Gasteiger partial charge < -0.3 is 10.1 Å². The molecule has 1 N–H and O–H groups in total. The highest BCUT2D eigenvalue weighted by Gasteiger charge is 2.29. The second-order valence-electron chi connectivity index (χ2n) is 5.27. The number of aromatic nitrogens is 2. The zero-order valence-electron chi connectivity index (χ0n) is 11.9. The van der Waals surface area contributed by atoms with Gasteiger partial charge in [-0.05, 0) is 39.3 Å². The number of hydrogen-bond acceptors (Lipinski definition) is 3. The van der Waals surface area contributed by atoms with Crippen LogP contribution in [0.4, 0.5) is 0 Å². The molecule has 3 unspecified atom stereocenters. The number of ether oxygens (including phenoxy) is 1. The van der Waals surface area contributed by atoms with E-state index in [1.807, 2.05) is 18.8 Å². The third kappa shape index (κ3) is 2.93. The van der Waals surface area contributed by atoms with E-state index in [9.17, 15) is 0 Å². The van der Waals surface area contributed by atoms with Crippen LogP contribution in [0, 0.1) is 0 Å². The number of hydrogen-bond donors (Lipinski definition) is 1. The summed E-state index contributed by atoms with van der Waals surface area (Å²) >= 11 is 0. The maximum absolute atomic E-state index is 5.97. The lowest BCUT2D eigenvalue weighted by Crippen LogP contribution is -2.39. The third-order valence-corrected chi connectivity index (χ3v) is 3.90. The molecule has 1 fully saturated rings. The van der Waals surface area contributed by atoms with Crippen molar-refractivity contribution < 1.29 is 4.74 Å². The average Bonchev–Trinajstić information content (AvgIpc) is 2.93. The number of rotatable bonds is 5. The molecule has 2 heterocycles. The summed E-state index contributed by atoms with van der Waals surface area (Å²) < 4.78 is 7.97. The van der Waals surface area contributed by atoms with Crippen molar-refractivity contribution in [3.05, 3.63) is 17.5 Å². The highest BCUT2D eigenvalue weighted by Crippen LogP contribution is 2.23. The van der Waals surface area contributed by atoms with Crippen LogP contribution in [0.25, 0.3) is 0 Å². The lowest BCUT2D eigenvalue weighted by Gasteiger charge is -2.23. The van der Waals surface area contributed by atoms with Crippen molar-refractivity contribution in [3.8, 4) is 0 Å². The third-order valence-electron chi connectivity index (χ3n) is 3.90. The summed E-state index contributed by atoms with van der Waals surface area (Å²) in [6.07, 6.45) is 5.06. The van der Waals surface area contributed by atoms with Crippen molar-refractivity contribution in [2.24, 2.45) is 7.05 Å². The van der Waals surface area contributed by atoms with Gasteiger partial charge in [0, 0.05) is 25.2 Å². The minimum Gasteiger partial charge on any atom is -0.374 e. The maximum atomic E-state index is 5.97. The van der Waals surface area contributed by atoms with Crippen LogP contribution >= 0.6 is 0 Å². The molecule has 0 spiro atoms. The Balaban J connectivity index is 2.03. The molecule has 4 heteroatoms. The Morgan fingerprint density at radius 1 is 1.56 bits per heavy atom. The fraction of sp³-hybridized carbons (Fsp3) is 0.786. The first-order valence-electron chi connectivity index (χ1n) is 6.98. The topological polar surface area (TPSA) is 39.1 Å². The maximum Gasteiger partial charge on any atom is 0.0736 e. The molecule has 1 aromatic heterocycles. The van der Waals surface area contributed by atoms with Crippen molar-refractivity contribution in [1.29, 1.82) is 0 Å². The smallest absolute Gasteiger partial charge is 0.0736 e. The fourth-order valence-electron chi connectivity index (χ4n) is 2.71. The molecule has 0 aromatic carbocycles. The van der Waals surface area contributed by atoms with E-state index in [1.165, 1.54) is 17.8 Å². The van der Waals surface area contributed by atoms with Crippen LogP contribution in [-0.2, 0) is 24.6 Å². The van der Waals surface area contributed by atoms with Crippen molar-refractivity contribution in [2.75, 3.05) is 7.05 Å². The van der Waals surface area contributed by atoms with E-state index in [0.717, 1.165) is 19.3 Å². The van der Waals surface area contributed by atoms with E-state index in [4.69, 9.17) is 4.74 Å². The molecule has 0 amide bonds. The Labute approximate surface area is 110 Å². The highest BCUT2D eigenvalue weighted by molar-refractivity contribution is 5.12. The lowest BCUT2D eigenvalue weighted by molar-refractivity contribution is 0.0334. The van der Waals surface area contributed by atoms with Crippen LogP contribution in [0.15, 0.2) is 6.07 Å². The van der Waals surface area contributed by atoms with E-state index in [2.05, 4.69) is 30.3 Å². The Morgan fingerprint density at radius 2 is 2.33 bits per heavy atom. The van der Waals surface area contributed by atoms with Crippen molar-refractivity contribution in [2.45, 2.75) is 57.8 Å². The van der Waals surface area contributed by atoms with Gasteiger partial charge in [0.15, 0.2) is 0 Å². The molecule has 0 radical (unpaired) electrons. The molecule has 0 saturated carbocycles. The minimum atomic E-state index is 0.338. The van der Waals surface area contributed by atoms with E-state index in [0.29, 0.717) is 18.2 Å². The summed E-state index contributed by atoms with van der Waals surface area (Å²) in [6.45, 7) is 4.30. The van der Waals surface area contributed by atoms with E-state index >= 15 is 0 Å². The Kier molecular flexibility index (Phi) is 4.40. The number of nitrogens with one attached hydrogen (secondary N) is 1. The van der Waals surface area contributed by atoms with Crippen LogP contribution in [0.5, 0.6) is 0 Å². The quantitative estimate of drug-likeness (QED) is 0.865. The molecule has 102 valence electrons. The molecular weight excluding hydrogens is 226 g/mol. The molecule has 0 aliphatic carbocycles. The van der Waals surface area contributed by atoms with Crippen molar-refractivity contribution in [3.63, 3.8) is 0 Å². The predicted molar refractivity (Wildman–Crippen MR) is 72.7 cm³/mol. The van der Waals surface area contributed by atoms with Gasteiger partial charge in [0.05, 0.1) is 17.9 Å². The summed E-state index contributed by atoms with van der Waals surface area (Å²) in [5, 5.41) is 7.91. The molecule has 1 aromatic rings. The molecule has 1 aliphatic rings. The van der Waals surface area contributed by atoms with Gasteiger partial charge in [0.25, 0.3) is 0 Å². The molecular formula is C14H25N3O. The summed E-state index contributed by atoms with van der Waals surface area (Å²) in [6, 6.07) is 2.60. The molecule has 1 saturated heterocycles. The van der Waals surface area contributed by atoms with E-state index in [-0.39, 0.29) is 0 Å². The van der Waals surface area contributed by atoms with Gasteiger partial charge in [0.1, 0.15) is 0 Å². The van der Waals surface area contributed by atoms with E-state index < -0.39 is 0 Å². The molecule has 4 nitrogen and oxygen atoms in total. The SMILES string of the molecule is CCc1cc(CC(NC)C2CCC(C)O2)n(C)n1. The summed E-state index contributed by atoms with van der Waals surface area (Å²) in [5.41, 5.74) is 2.46. The monoisotopic (exact) mass is 251 g/mol. The molecule has 18 heavy (non-hydrogen) atoms. The minimum absolute atomic E-state index is 0.338. The number of nitrogens with zero attached hydrogens (tertiary/aromatic N) is 2. The van der Waals surface area contributed by atoms with Gasteiger partial charge in [-0.2, -0.15) is 5.10 Å². The number of aryl methyl sites for hydroxylation is 2. The van der Waals surface area contributed by atoms with Crippen LogP contribution in [0.2, 0.25) is 0 Å². The highest BCUT2D eigenvalue weighted by atomic mass is 16.5. The van der Waals surface area contributed by atoms with Gasteiger partial charge in [0.2, 0.25) is 0 Å². The lowest BCUT2D eigenvalue weighted by atomic mass is 10.0. The van der Waals surface area contributed by atoms with Crippen molar-refractivity contribution >= 4 is 0 Å². The van der Waals surface area contributed by atoms with Crippen molar-refractivity contribution in [1.82, 2.24) is 15.1 Å². The average molecular weight is 251 g/mol. The molecule has 2 rings (SSSR count). The molecule has 0 bridgehead atoms. The molecule has 1 aliphatic heterocycles. The fourth-order valence-corrected chi connectivity index (χ4v) is 2.71. The Hall–Kier alpha value is -0.870. The number of likely N-dealkylation sites (N-methyl/N-ethyl adjacent to an activating group) is 1. The first kappa shape index (κ1) is 13.6. The standard InChI is InChI=1S/C14H25N3O/c1-5-11-8-12(17(4)16-11)9-13(15-3)14-7-6-10(2)18-14/h8,10,13-15H,5-7,9H2,1-4H3. The summed E-state index contributed by atoms with van der Waals surface area (Å²) in [5.74, 6) is 0. The molecule has 3 atom stereocenters. The predicted octanol–water partition coefficient (Wildman–Crippen LogP) is 1.68. The van der Waals surface area contributed by atoms with E-state index in [1.54, 1.807) is 0 Å².